The predicted octanol–water partition coefficient (Wildman–Crippen LogP) is 2.27. The fourth-order valence-corrected chi connectivity index (χ4v) is 4.74. The van der Waals surface area contributed by atoms with Crippen LogP contribution < -0.4 is 15.2 Å². The monoisotopic (exact) mass is 327 g/mol. The Hall–Kier alpha value is -1.27. The van der Waals surface area contributed by atoms with E-state index in [0.717, 1.165) is 32.1 Å². The maximum absolute atomic E-state index is 12.4. The number of ether oxygens (including phenoxy) is 2. The summed E-state index contributed by atoms with van der Waals surface area (Å²) in [5.41, 5.74) is 6.44. The summed E-state index contributed by atoms with van der Waals surface area (Å²) in [6.45, 7) is 0.402. The van der Waals surface area contributed by atoms with Crippen molar-refractivity contribution in [3.63, 3.8) is 0 Å². The second-order valence-electron chi connectivity index (χ2n) is 5.99. The summed E-state index contributed by atoms with van der Waals surface area (Å²) >= 11 is 0. The van der Waals surface area contributed by atoms with Gasteiger partial charge in [0.15, 0.2) is 9.84 Å². The van der Waals surface area contributed by atoms with Crippen molar-refractivity contribution in [2.75, 3.05) is 27.0 Å². The van der Waals surface area contributed by atoms with Gasteiger partial charge >= 0.3 is 0 Å². The molecule has 1 aromatic carbocycles. The molecule has 1 aliphatic carbocycles. The van der Waals surface area contributed by atoms with Crippen LogP contribution >= 0.6 is 0 Å². The minimum absolute atomic E-state index is 0.224. The van der Waals surface area contributed by atoms with Gasteiger partial charge in [-0.3, -0.25) is 0 Å². The molecule has 0 aromatic heterocycles. The van der Waals surface area contributed by atoms with Crippen LogP contribution in [0.5, 0.6) is 11.5 Å². The molecule has 0 radical (unpaired) electrons. The van der Waals surface area contributed by atoms with Crippen LogP contribution in [0.1, 0.15) is 37.7 Å². The first kappa shape index (κ1) is 17.1. The van der Waals surface area contributed by atoms with E-state index in [1.165, 1.54) is 13.4 Å². The summed E-state index contributed by atoms with van der Waals surface area (Å²) in [5, 5.41) is 0. The van der Waals surface area contributed by atoms with E-state index in [1.54, 1.807) is 19.2 Å². The van der Waals surface area contributed by atoms with Gasteiger partial charge in [-0.2, -0.15) is 0 Å². The SMILES string of the molecule is COc1ccc(OC)c(S(C)(=O)=O)c1C1(CN)CCCCC1. The molecular formula is C16H25NO4S. The standard InChI is InChI=1S/C16H25NO4S/c1-20-12-7-8-13(21-2)15(22(3,18)19)14(12)16(11-17)9-5-4-6-10-16/h7-8H,4-6,9-11,17H2,1-3H3. The summed E-state index contributed by atoms with van der Waals surface area (Å²) in [7, 11) is -0.425. The molecule has 0 bridgehead atoms. The Morgan fingerprint density at radius 2 is 1.64 bits per heavy atom. The highest BCUT2D eigenvalue weighted by Crippen LogP contribution is 2.48. The molecule has 0 aliphatic heterocycles. The first-order chi connectivity index (χ1) is 10.4. The molecular weight excluding hydrogens is 302 g/mol. The highest BCUT2D eigenvalue weighted by Gasteiger charge is 2.40. The fraction of sp³-hybridized carbons (Fsp3) is 0.625. The van der Waals surface area contributed by atoms with Gasteiger partial charge in [0.1, 0.15) is 16.4 Å². The van der Waals surface area contributed by atoms with E-state index in [0.29, 0.717) is 23.6 Å². The van der Waals surface area contributed by atoms with Crippen LogP contribution in [-0.2, 0) is 15.3 Å². The smallest absolute Gasteiger partial charge is 0.179 e. The van der Waals surface area contributed by atoms with Gasteiger partial charge in [0.25, 0.3) is 0 Å². The number of nitrogens with two attached hydrogens (primary N) is 1. The fourth-order valence-electron chi connectivity index (χ4n) is 3.53. The normalized spacial score (nSPS) is 18.0. The maximum Gasteiger partial charge on any atom is 0.179 e. The van der Waals surface area contributed by atoms with Gasteiger partial charge in [-0.1, -0.05) is 19.3 Å². The van der Waals surface area contributed by atoms with Crippen molar-refractivity contribution in [1.82, 2.24) is 0 Å². The van der Waals surface area contributed by atoms with Crippen LogP contribution in [0.15, 0.2) is 17.0 Å². The average molecular weight is 327 g/mol. The van der Waals surface area contributed by atoms with Crippen LogP contribution in [0, 0.1) is 0 Å². The highest BCUT2D eigenvalue weighted by molar-refractivity contribution is 7.90. The Balaban J connectivity index is 2.81. The number of hydrogen-bond donors (Lipinski definition) is 1. The summed E-state index contributed by atoms with van der Waals surface area (Å²) in [6, 6.07) is 3.42. The summed E-state index contributed by atoms with van der Waals surface area (Å²) in [6.07, 6.45) is 6.19. The molecule has 0 saturated heterocycles. The number of methoxy groups -OCH3 is 2. The quantitative estimate of drug-likeness (QED) is 0.897. The van der Waals surface area contributed by atoms with Crippen LogP contribution in [0.3, 0.4) is 0 Å². The third kappa shape index (κ3) is 2.94. The number of rotatable bonds is 5. The number of sulfone groups is 1. The largest absolute Gasteiger partial charge is 0.496 e. The summed E-state index contributed by atoms with van der Waals surface area (Å²) in [5.74, 6) is 0.935. The van der Waals surface area contributed by atoms with Crippen LogP contribution in [0.25, 0.3) is 0 Å². The van der Waals surface area contributed by atoms with E-state index < -0.39 is 9.84 Å². The number of benzene rings is 1. The third-order valence-electron chi connectivity index (χ3n) is 4.63. The Kier molecular flexibility index (Phi) is 5.02. The molecule has 22 heavy (non-hydrogen) atoms. The molecule has 6 heteroatoms. The topological polar surface area (TPSA) is 78.6 Å². The Bertz CT molecular complexity index is 634. The molecule has 0 atom stereocenters. The molecule has 0 heterocycles. The van der Waals surface area contributed by atoms with Crippen molar-refractivity contribution >= 4 is 9.84 Å². The predicted molar refractivity (Wildman–Crippen MR) is 86.5 cm³/mol. The molecule has 124 valence electrons. The molecule has 1 aliphatic rings. The van der Waals surface area contributed by atoms with Gasteiger partial charge in [-0.15, -0.1) is 0 Å². The molecule has 1 saturated carbocycles. The second-order valence-corrected chi connectivity index (χ2v) is 7.94. The molecule has 0 spiro atoms. The van der Waals surface area contributed by atoms with E-state index in [9.17, 15) is 8.42 Å². The van der Waals surface area contributed by atoms with Gasteiger partial charge < -0.3 is 15.2 Å². The Morgan fingerprint density at radius 1 is 1.09 bits per heavy atom. The molecule has 2 N–H and O–H groups in total. The van der Waals surface area contributed by atoms with E-state index in [2.05, 4.69) is 0 Å². The molecule has 0 amide bonds. The Labute approximate surface area is 132 Å². The van der Waals surface area contributed by atoms with E-state index in [4.69, 9.17) is 15.2 Å². The zero-order chi connectivity index (χ0) is 16.4. The van der Waals surface area contributed by atoms with Crippen LogP contribution in [0.2, 0.25) is 0 Å². The lowest BCUT2D eigenvalue weighted by Gasteiger charge is -2.39. The van der Waals surface area contributed by atoms with Gasteiger partial charge in [0.2, 0.25) is 0 Å². The first-order valence-corrected chi connectivity index (χ1v) is 9.44. The van der Waals surface area contributed by atoms with Crippen molar-refractivity contribution in [3.8, 4) is 11.5 Å². The molecule has 0 unspecified atom stereocenters. The molecule has 5 nitrogen and oxygen atoms in total. The van der Waals surface area contributed by atoms with Gasteiger partial charge in [0, 0.05) is 23.8 Å². The van der Waals surface area contributed by atoms with Crippen LogP contribution in [-0.4, -0.2) is 35.4 Å². The average Bonchev–Trinajstić information content (AvgIpc) is 2.53. The van der Waals surface area contributed by atoms with Gasteiger partial charge in [0.05, 0.1) is 14.2 Å². The zero-order valence-electron chi connectivity index (χ0n) is 13.5. The van der Waals surface area contributed by atoms with E-state index in [1.807, 2.05) is 0 Å². The van der Waals surface area contributed by atoms with E-state index in [-0.39, 0.29) is 10.3 Å². The molecule has 1 fully saturated rings. The summed E-state index contributed by atoms with van der Waals surface area (Å²) in [4.78, 5) is 0.224. The third-order valence-corrected chi connectivity index (χ3v) is 5.77. The molecule has 1 aromatic rings. The van der Waals surface area contributed by atoms with Crippen molar-refractivity contribution in [3.05, 3.63) is 17.7 Å². The lowest BCUT2D eigenvalue weighted by Crippen LogP contribution is -2.38. The van der Waals surface area contributed by atoms with Crippen molar-refractivity contribution in [1.29, 1.82) is 0 Å². The highest BCUT2D eigenvalue weighted by atomic mass is 32.2. The lowest BCUT2D eigenvalue weighted by molar-refractivity contribution is 0.279. The summed E-state index contributed by atoms with van der Waals surface area (Å²) < 4.78 is 35.7. The molecule has 2 rings (SSSR count). The minimum atomic E-state index is -3.47. The Morgan fingerprint density at radius 3 is 2.09 bits per heavy atom. The van der Waals surface area contributed by atoms with Crippen molar-refractivity contribution in [2.45, 2.75) is 42.4 Å². The van der Waals surface area contributed by atoms with Crippen molar-refractivity contribution < 1.29 is 17.9 Å². The zero-order valence-corrected chi connectivity index (χ0v) is 14.3. The van der Waals surface area contributed by atoms with Gasteiger partial charge in [-0.05, 0) is 25.0 Å². The maximum atomic E-state index is 12.4. The minimum Gasteiger partial charge on any atom is -0.496 e. The lowest BCUT2D eigenvalue weighted by atomic mass is 9.69. The van der Waals surface area contributed by atoms with Crippen LogP contribution in [0.4, 0.5) is 0 Å². The first-order valence-electron chi connectivity index (χ1n) is 7.55. The van der Waals surface area contributed by atoms with Crippen molar-refractivity contribution in [2.24, 2.45) is 5.73 Å². The van der Waals surface area contributed by atoms with Gasteiger partial charge in [-0.25, -0.2) is 8.42 Å². The second kappa shape index (κ2) is 6.46. The van der Waals surface area contributed by atoms with E-state index >= 15 is 0 Å². The number of hydrogen-bond acceptors (Lipinski definition) is 5.